The normalized spacial score (nSPS) is 20.1. The van der Waals surface area contributed by atoms with Gasteiger partial charge in [-0.2, -0.15) is 0 Å². The molecule has 7 heteroatoms. The van der Waals surface area contributed by atoms with Crippen LogP contribution >= 0.6 is 0 Å². The van der Waals surface area contributed by atoms with Crippen LogP contribution < -0.4 is 16.4 Å². The molecule has 1 aromatic carbocycles. The third kappa shape index (κ3) is 4.32. The molecule has 24 heavy (non-hydrogen) atoms. The summed E-state index contributed by atoms with van der Waals surface area (Å²) in [7, 11) is 0. The van der Waals surface area contributed by atoms with Crippen LogP contribution in [0.4, 0.5) is 5.69 Å². The Kier molecular flexibility index (Phi) is 5.56. The minimum absolute atomic E-state index is 0.00298. The van der Waals surface area contributed by atoms with Crippen molar-refractivity contribution in [2.24, 2.45) is 5.73 Å². The molecule has 1 aromatic rings. The van der Waals surface area contributed by atoms with Gasteiger partial charge in [-0.25, -0.2) is 0 Å². The molecule has 0 saturated carbocycles. The van der Waals surface area contributed by atoms with Gasteiger partial charge >= 0.3 is 0 Å². The van der Waals surface area contributed by atoms with Gasteiger partial charge in [0, 0.05) is 36.8 Å². The van der Waals surface area contributed by atoms with Gasteiger partial charge in [-0.05, 0) is 44.5 Å². The fourth-order valence-corrected chi connectivity index (χ4v) is 2.79. The summed E-state index contributed by atoms with van der Waals surface area (Å²) >= 11 is 0. The molecule has 1 fully saturated rings. The molecular weight excluding hydrogens is 308 g/mol. The molecule has 0 aliphatic carbocycles. The predicted octanol–water partition coefficient (Wildman–Crippen LogP) is 0.711. The fourth-order valence-electron chi connectivity index (χ4n) is 2.79. The molecule has 0 spiro atoms. The predicted molar refractivity (Wildman–Crippen MR) is 91.4 cm³/mol. The summed E-state index contributed by atoms with van der Waals surface area (Å²) in [5.41, 5.74) is 7.03. The summed E-state index contributed by atoms with van der Waals surface area (Å²) < 4.78 is 0. The zero-order chi connectivity index (χ0) is 17.9. The van der Waals surface area contributed by atoms with E-state index in [4.69, 9.17) is 5.73 Å². The number of benzene rings is 1. The van der Waals surface area contributed by atoms with Gasteiger partial charge in [0.25, 0.3) is 5.91 Å². The summed E-state index contributed by atoms with van der Waals surface area (Å²) in [5, 5.41) is 5.48. The van der Waals surface area contributed by atoms with E-state index in [0.29, 0.717) is 24.2 Å². The number of carbonyl (C=O) groups is 3. The van der Waals surface area contributed by atoms with Crippen molar-refractivity contribution in [1.29, 1.82) is 0 Å². The Morgan fingerprint density at radius 3 is 2.38 bits per heavy atom. The van der Waals surface area contributed by atoms with E-state index in [1.165, 1.54) is 11.8 Å². The van der Waals surface area contributed by atoms with Crippen molar-refractivity contribution < 1.29 is 14.4 Å². The number of likely N-dealkylation sites (tertiary alicyclic amines) is 1. The van der Waals surface area contributed by atoms with Crippen molar-refractivity contribution in [1.82, 2.24) is 10.2 Å². The molecule has 7 nitrogen and oxygen atoms in total. The molecule has 0 unspecified atom stereocenters. The standard InChI is InChI=1S/C17H24N4O3/c1-10(2)19-16(23)15-8-13(18)9-21(15)17(24)12-4-6-14(7-5-12)20-11(3)22/h4-7,10,13,15H,8-9,18H2,1-3H3,(H,19,23)(H,20,22)/t13-,15+/m1/s1. The number of nitrogens with zero attached hydrogens (tertiary/aromatic N) is 1. The molecule has 1 aliphatic heterocycles. The highest BCUT2D eigenvalue weighted by Crippen LogP contribution is 2.21. The SMILES string of the molecule is CC(=O)Nc1ccc(C(=O)N2C[C@H](N)C[C@H]2C(=O)NC(C)C)cc1. The molecule has 2 rings (SSSR count). The molecule has 0 aromatic heterocycles. The number of nitrogens with two attached hydrogens (primary N) is 1. The van der Waals surface area contributed by atoms with Gasteiger partial charge in [0.15, 0.2) is 0 Å². The number of amides is 3. The Labute approximate surface area is 141 Å². The van der Waals surface area contributed by atoms with Crippen LogP contribution in [0.2, 0.25) is 0 Å². The topological polar surface area (TPSA) is 105 Å². The molecule has 4 N–H and O–H groups in total. The van der Waals surface area contributed by atoms with Gasteiger partial charge in [0.1, 0.15) is 6.04 Å². The van der Waals surface area contributed by atoms with E-state index in [0.717, 1.165) is 0 Å². The monoisotopic (exact) mass is 332 g/mol. The Morgan fingerprint density at radius 2 is 1.83 bits per heavy atom. The van der Waals surface area contributed by atoms with Crippen molar-refractivity contribution in [3.63, 3.8) is 0 Å². The Balaban J connectivity index is 2.14. The zero-order valence-corrected chi connectivity index (χ0v) is 14.2. The fraction of sp³-hybridized carbons (Fsp3) is 0.471. The molecular formula is C17H24N4O3. The first-order valence-corrected chi connectivity index (χ1v) is 8.02. The first-order chi connectivity index (χ1) is 11.3. The number of rotatable bonds is 4. The summed E-state index contributed by atoms with van der Waals surface area (Å²) in [4.78, 5) is 37.6. The molecule has 0 radical (unpaired) electrons. The summed E-state index contributed by atoms with van der Waals surface area (Å²) in [6.07, 6.45) is 0.453. The van der Waals surface area contributed by atoms with Crippen molar-refractivity contribution in [3.05, 3.63) is 29.8 Å². The number of nitrogens with one attached hydrogen (secondary N) is 2. The maximum Gasteiger partial charge on any atom is 0.254 e. The lowest BCUT2D eigenvalue weighted by molar-refractivity contribution is -0.125. The van der Waals surface area contributed by atoms with E-state index in [1.807, 2.05) is 13.8 Å². The Morgan fingerprint density at radius 1 is 1.21 bits per heavy atom. The second kappa shape index (κ2) is 7.44. The van der Waals surface area contributed by atoms with Crippen LogP contribution in [0.5, 0.6) is 0 Å². The number of hydrogen-bond acceptors (Lipinski definition) is 4. The van der Waals surface area contributed by atoms with Crippen molar-refractivity contribution in [2.45, 2.75) is 45.3 Å². The smallest absolute Gasteiger partial charge is 0.254 e. The van der Waals surface area contributed by atoms with Gasteiger partial charge in [-0.3, -0.25) is 14.4 Å². The van der Waals surface area contributed by atoms with Crippen LogP contribution in [0.15, 0.2) is 24.3 Å². The van der Waals surface area contributed by atoms with Crippen LogP contribution in [0, 0.1) is 0 Å². The maximum atomic E-state index is 12.7. The third-order valence-corrected chi connectivity index (χ3v) is 3.78. The highest BCUT2D eigenvalue weighted by Gasteiger charge is 2.38. The van der Waals surface area contributed by atoms with Gasteiger partial charge in [0.2, 0.25) is 11.8 Å². The summed E-state index contributed by atoms with van der Waals surface area (Å²) in [6, 6.07) is 5.83. The minimum Gasteiger partial charge on any atom is -0.352 e. The average molecular weight is 332 g/mol. The summed E-state index contributed by atoms with van der Waals surface area (Å²) in [6.45, 7) is 5.52. The zero-order valence-electron chi connectivity index (χ0n) is 14.2. The van der Waals surface area contributed by atoms with E-state index in [9.17, 15) is 14.4 Å². The highest BCUT2D eigenvalue weighted by atomic mass is 16.2. The Bertz CT molecular complexity index is 627. The van der Waals surface area contributed by atoms with Crippen molar-refractivity contribution in [2.75, 3.05) is 11.9 Å². The second-order valence-corrected chi connectivity index (χ2v) is 6.39. The maximum absolute atomic E-state index is 12.7. The molecule has 2 atom stereocenters. The average Bonchev–Trinajstić information content (AvgIpc) is 2.88. The lowest BCUT2D eigenvalue weighted by Crippen LogP contribution is -2.47. The second-order valence-electron chi connectivity index (χ2n) is 6.39. The first-order valence-electron chi connectivity index (χ1n) is 8.02. The van der Waals surface area contributed by atoms with Gasteiger partial charge < -0.3 is 21.3 Å². The van der Waals surface area contributed by atoms with Crippen LogP contribution in [0.1, 0.15) is 37.6 Å². The van der Waals surface area contributed by atoms with Crippen molar-refractivity contribution >= 4 is 23.4 Å². The molecule has 1 heterocycles. The number of hydrogen-bond donors (Lipinski definition) is 3. The van der Waals surface area contributed by atoms with Crippen LogP contribution in [-0.2, 0) is 9.59 Å². The van der Waals surface area contributed by atoms with E-state index < -0.39 is 6.04 Å². The molecule has 130 valence electrons. The third-order valence-electron chi connectivity index (χ3n) is 3.78. The van der Waals surface area contributed by atoms with Crippen LogP contribution in [-0.4, -0.2) is 47.3 Å². The van der Waals surface area contributed by atoms with Gasteiger partial charge in [0.05, 0.1) is 0 Å². The van der Waals surface area contributed by atoms with Crippen molar-refractivity contribution in [3.8, 4) is 0 Å². The lowest BCUT2D eigenvalue weighted by Gasteiger charge is -2.24. The van der Waals surface area contributed by atoms with Crippen LogP contribution in [0.25, 0.3) is 0 Å². The molecule has 1 saturated heterocycles. The number of carbonyl (C=O) groups excluding carboxylic acids is 3. The quantitative estimate of drug-likeness (QED) is 0.755. The van der Waals surface area contributed by atoms with E-state index in [-0.39, 0.29) is 29.8 Å². The minimum atomic E-state index is -0.551. The van der Waals surface area contributed by atoms with Crippen LogP contribution in [0.3, 0.4) is 0 Å². The molecule has 1 aliphatic rings. The molecule has 3 amide bonds. The summed E-state index contributed by atoms with van der Waals surface area (Å²) in [5.74, 6) is -0.590. The van der Waals surface area contributed by atoms with E-state index in [1.54, 1.807) is 24.3 Å². The lowest BCUT2D eigenvalue weighted by atomic mass is 10.1. The van der Waals surface area contributed by atoms with Gasteiger partial charge in [-0.1, -0.05) is 0 Å². The van der Waals surface area contributed by atoms with E-state index >= 15 is 0 Å². The van der Waals surface area contributed by atoms with E-state index in [2.05, 4.69) is 10.6 Å². The Hall–Kier alpha value is -2.41. The highest BCUT2D eigenvalue weighted by molar-refractivity contribution is 5.98. The molecule has 0 bridgehead atoms. The first kappa shape index (κ1) is 17.9. The largest absolute Gasteiger partial charge is 0.352 e. The number of anilines is 1. The van der Waals surface area contributed by atoms with Gasteiger partial charge in [-0.15, -0.1) is 0 Å².